The number of carbonyl (C=O) groups is 3. The molecule has 1 unspecified atom stereocenters. The number of esters is 1. The lowest BCUT2D eigenvalue weighted by Crippen LogP contribution is -2.30. The van der Waals surface area contributed by atoms with Crippen LogP contribution in [-0.4, -0.2) is 46.4 Å². The Morgan fingerprint density at radius 2 is 1.90 bits per heavy atom. The fraction of sp³-hybridized carbons (Fsp3) is 0.200. The van der Waals surface area contributed by atoms with E-state index in [1.807, 2.05) is 6.92 Å². The number of carbonyl (C=O) groups excluding carboxylic acids is 3. The minimum atomic E-state index is -0.914. The standard InChI is InChI=1S/C30H26N2O7/c1-3-14-38-30(36)19-11-9-18(10-12-19)17-32-25(21-7-5-13-31-16-21)24(27(34)29(32)35)26(33)23-15-20-6-4-8-22(37-2)28(20)39-23/h4-13,15-16,25,34H,3,14,17H2,1-2H3. The quantitative estimate of drug-likeness (QED) is 0.234. The first kappa shape index (κ1) is 25.7. The van der Waals surface area contributed by atoms with Gasteiger partial charge in [0.1, 0.15) is 0 Å². The Kier molecular flexibility index (Phi) is 7.14. The molecular weight excluding hydrogens is 500 g/mol. The third-order valence-corrected chi connectivity index (χ3v) is 6.48. The number of aliphatic hydroxyl groups is 1. The van der Waals surface area contributed by atoms with Crippen molar-refractivity contribution >= 4 is 28.6 Å². The number of aliphatic hydroxyl groups excluding tert-OH is 1. The van der Waals surface area contributed by atoms with Gasteiger partial charge in [-0.1, -0.05) is 37.3 Å². The summed E-state index contributed by atoms with van der Waals surface area (Å²) in [5, 5.41) is 11.6. The Balaban J connectivity index is 1.49. The third kappa shape index (κ3) is 4.86. The van der Waals surface area contributed by atoms with E-state index in [0.717, 1.165) is 6.42 Å². The van der Waals surface area contributed by atoms with Crippen LogP contribution in [0.4, 0.5) is 0 Å². The van der Waals surface area contributed by atoms with Crippen LogP contribution in [0.15, 0.2) is 88.8 Å². The lowest BCUT2D eigenvalue weighted by Gasteiger charge is -2.26. The predicted molar refractivity (Wildman–Crippen MR) is 141 cm³/mol. The van der Waals surface area contributed by atoms with E-state index in [2.05, 4.69) is 4.98 Å². The molecule has 5 rings (SSSR count). The van der Waals surface area contributed by atoms with Crippen molar-refractivity contribution in [2.24, 2.45) is 0 Å². The molecule has 2 aromatic heterocycles. The number of ketones is 1. The fourth-order valence-electron chi connectivity index (χ4n) is 4.60. The zero-order valence-electron chi connectivity index (χ0n) is 21.4. The Morgan fingerprint density at radius 3 is 2.59 bits per heavy atom. The van der Waals surface area contributed by atoms with Gasteiger partial charge in [0.05, 0.1) is 30.9 Å². The highest BCUT2D eigenvalue weighted by Gasteiger charge is 2.44. The number of ether oxygens (including phenoxy) is 2. The minimum absolute atomic E-state index is 0.0328. The van der Waals surface area contributed by atoms with Gasteiger partial charge in [0.2, 0.25) is 5.78 Å². The van der Waals surface area contributed by atoms with E-state index in [-0.39, 0.29) is 17.9 Å². The van der Waals surface area contributed by atoms with Crippen LogP contribution in [0.25, 0.3) is 11.0 Å². The zero-order valence-corrected chi connectivity index (χ0v) is 21.4. The van der Waals surface area contributed by atoms with Gasteiger partial charge in [0.25, 0.3) is 5.91 Å². The van der Waals surface area contributed by atoms with Crippen LogP contribution in [0.5, 0.6) is 5.75 Å². The maximum atomic E-state index is 13.8. The third-order valence-electron chi connectivity index (χ3n) is 6.48. The van der Waals surface area contributed by atoms with Gasteiger partial charge < -0.3 is 23.9 Å². The number of nitrogens with zero attached hydrogens (tertiary/aromatic N) is 2. The van der Waals surface area contributed by atoms with E-state index in [1.165, 1.54) is 12.0 Å². The normalized spacial score (nSPS) is 15.2. The monoisotopic (exact) mass is 526 g/mol. The molecule has 1 amide bonds. The Labute approximate surface area is 224 Å². The molecule has 9 nitrogen and oxygen atoms in total. The van der Waals surface area contributed by atoms with Crippen LogP contribution < -0.4 is 4.74 Å². The molecule has 4 aromatic rings. The molecule has 0 aliphatic carbocycles. The Bertz CT molecular complexity index is 1570. The summed E-state index contributed by atoms with van der Waals surface area (Å²) in [5.74, 6) is -1.98. The van der Waals surface area contributed by atoms with Crippen LogP contribution in [0.2, 0.25) is 0 Å². The van der Waals surface area contributed by atoms with Crippen molar-refractivity contribution in [1.82, 2.24) is 9.88 Å². The van der Waals surface area contributed by atoms with Gasteiger partial charge in [-0.25, -0.2) is 4.79 Å². The molecule has 3 heterocycles. The van der Waals surface area contributed by atoms with E-state index < -0.39 is 29.5 Å². The highest BCUT2D eigenvalue weighted by molar-refractivity contribution is 6.16. The number of benzene rings is 2. The van der Waals surface area contributed by atoms with E-state index in [4.69, 9.17) is 13.9 Å². The molecule has 0 radical (unpaired) electrons. The number of methoxy groups -OCH3 is 1. The van der Waals surface area contributed by atoms with Crippen molar-refractivity contribution in [3.63, 3.8) is 0 Å². The molecule has 0 saturated heterocycles. The number of hydrogen-bond donors (Lipinski definition) is 1. The van der Waals surface area contributed by atoms with Gasteiger partial charge in [-0.3, -0.25) is 14.6 Å². The molecular formula is C30H26N2O7. The number of aromatic nitrogens is 1. The summed E-state index contributed by atoms with van der Waals surface area (Å²) >= 11 is 0. The maximum Gasteiger partial charge on any atom is 0.338 e. The lowest BCUT2D eigenvalue weighted by molar-refractivity contribution is -0.130. The van der Waals surface area contributed by atoms with Crippen LogP contribution in [0, 0.1) is 0 Å². The highest BCUT2D eigenvalue weighted by atomic mass is 16.5. The minimum Gasteiger partial charge on any atom is -0.503 e. The number of para-hydroxylation sites is 1. The van der Waals surface area contributed by atoms with Crippen molar-refractivity contribution in [2.75, 3.05) is 13.7 Å². The van der Waals surface area contributed by atoms with Crippen LogP contribution in [0.1, 0.15) is 51.4 Å². The highest BCUT2D eigenvalue weighted by Crippen LogP contribution is 2.40. The van der Waals surface area contributed by atoms with Crippen molar-refractivity contribution in [2.45, 2.75) is 25.9 Å². The number of rotatable bonds is 9. The van der Waals surface area contributed by atoms with Crippen LogP contribution in [0.3, 0.4) is 0 Å². The number of amides is 1. The van der Waals surface area contributed by atoms with Gasteiger partial charge >= 0.3 is 5.97 Å². The number of Topliss-reactive ketones (excluding diaryl/α,β-unsaturated/α-hetero) is 1. The van der Waals surface area contributed by atoms with Gasteiger partial charge in [0.15, 0.2) is 22.9 Å². The summed E-state index contributed by atoms with van der Waals surface area (Å²) in [6, 6.07) is 16.0. The lowest BCUT2D eigenvalue weighted by atomic mass is 9.96. The van der Waals surface area contributed by atoms with E-state index in [0.29, 0.717) is 40.0 Å². The summed E-state index contributed by atoms with van der Waals surface area (Å²) in [6.45, 7) is 2.31. The van der Waals surface area contributed by atoms with Crippen molar-refractivity contribution in [3.05, 3.63) is 107 Å². The van der Waals surface area contributed by atoms with Crippen molar-refractivity contribution in [1.29, 1.82) is 0 Å². The molecule has 1 aliphatic rings. The summed E-state index contributed by atoms with van der Waals surface area (Å²) in [6.07, 6.45) is 3.85. The number of furan rings is 1. The first-order valence-electron chi connectivity index (χ1n) is 12.4. The molecule has 0 bridgehead atoms. The van der Waals surface area contributed by atoms with Crippen molar-refractivity contribution in [3.8, 4) is 5.75 Å². The van der Waals surface area contributed by atoms with Gasteiger partial charge in [-0.15, -0.1) is 0 Å². The van der Waals surface area contributed by atoms with Crippen LogP contribution in [-0.2, 0) is 16.1 Å². The molecule has 0 saturated carbocycles. The maximum absolute atomic E-state index is 13.8. The van der Waals surface area contributed by atoms with Gasteiger partial charge in [-0.05, 0) is 47.9 Å². The number of pyridine rings is 1. The Hall–Kier alpha value is -4.92. The fourth-order valence-corrected chi connectivity index (χ4v) is 4.60. The first-order chi connectivity index (χ1) is 18.9. The molecule has 9 heteroatoms. The molecule has 0 fully saturated rings. The van der Waals surface area contributed by atoms with Gasteiger partial charge in [-0.2, -0.15) is 0 Å². The first-order valence-corrected chi connectivity index (χ1v) is 12.4. The Morgan fingerprint density at radius 1 is 1.10 bits per heavy atom. The average Bonchev–Trinajstić information content (AvgIpc) is 3.51. The summed E-state index contributed by atoms with van der Waals surface area (Å²) in [4.78, 5) is 44.8. The summed E-state index contributed by atoms with van der Waals surface area (Å²) < 4.78 is 16.3. The predicted octanol–water partition coefficient (Wildman–Crippen LogP) is 5.18. The van der Waals surface area contributed by atoms with Crippen molar-refractivity contribution < 1.29 is 33.4 Å². The van der Waals surface area contributed by atoms with Gasteiger partial charge in [0, 0.05) is 24.3 Å². The second-order valence-electron chi connectivity index (χ2n) is 9.04. The zero-order chi connectivity index (χ0) is 27.5. The second kappa shape index (κ2) is 10.8. The smallest absolute Gasteiger partial charge is 0.338 e. The number of fused-ring (bicyclic) bond motifs is 1. The van der Waals surface area contributed by atoms with E-state index >= 15 is 0 Å². The molecule has 0 spiro atoms. The molecule has 2 aromatic carbocycles. The largest absolute Gasteiger partial charge is 0.503 e. The molecule has 1 atom stereocenters. The second-order valence-corrected chi connectivity index (χ2v) is 9.04. The molecule has 198 valence electrons. The average molecular weight is 527 g/mol. The molecule has 39 heavy (non-hydrogen) atoms. The molecule has 1 N–H and O–H groups in total. The summed E-state index contributed by atoms with van der Waals surface area (Å²) in [7, 11) is 1.50. The van der Waals surface area contributed by atoms with E-state index in [1.54, 1.807) is 73.1 Å². The van der Waals surface area contributed by atoms with Crippen LogP contribution >= 0.6 is 0 Å². The number of hydrogen-bond acceptors (Lipinski definition) is 8. The SMILES string of the molecule is CCCOC(=O)c1ccc(CN2C(=O)C(O)=C(C(=O)c3cc4cccc(OC)c4o3)C2c2cccnc2)cc1. The summed E-state index contributed by atoms with van der Waals surface area (Å²) in [5.41, 5.74) is 1.91. The topological polar surface area (TPSA) is 119 Å². The molecule has 1 aliphatic heterocycles. The van der Waals surface area contributed by atoms with E-state index in [9.17, 15) is 19.5 Å².